The maximum absolute atomic E-state index is 8.73. The van der Waals surface area contributed by atoms with E-state index in [-0.39, 0.29) is 6.61 Å². The summed E-state index contributed by atoms with van der Waals surface area (Å²) < 4.78 is 0. The lowest BCUT2D eigenvalue weighted by atomic mass is 10.2. The molecule has 0 spiro atoms. The van der Waals surface area contributed by atoms with E-state index >= 15 is 0 Å². The molecule has 0 aromatic carbocycles. The molecule has 0 unspecified atom stereocenters. The number of hydrogen-bond acceptors (Lipinski definition) is 3. The summed E-state index contributed by atoms with van der Waals surface area (Å²) in [5, 5.41) is 8.73. The van der Waals surface area contributed by atoms with E-state index in [1.165, 1.54) is 0 Å². The molecule has 1 aromatic heterocycles. The van der Waals surface area contributed by atoms with Crippen molar-refractivity contribution in [2.24, 2.45) is 5.73 Å². The lowest BCUT2D eigenvalue weighted by molar-refractivity contribution is 0.275. The van der Waals surface area contributed by atoms with Crippen molar-refractivity contribution >= 4 is 0 Å². The summed E-state index contributed by atoms with van der Waals surface area (Å²) in [6.45, 7) is 0.400. The molecule has 0 aliphatic heterocycles. The standard InChI is InChI=1S/C7H10N2O/c8-4-6-2-1-3-9-7(6)5-10/h1-3,10H,4-5,8H2. The summed E-state index contributed by atoms with van der Waals surface area (Å²) >= 11 is 0. The van der Waals surface area contributed by atoms with Crippen LogP contribution in [0.3, 0.4) is 0 Å². The Kier molecular flexibility index (Phi) is 2.36. The molecule has 0 saturated heterocycles. The fourth-order valence-corrected chi connectivity index (χ4v) is 0.800. The van der Waals surface area contributed by atoms with Gasteiger partial charge in [-0.1, -0.05) is 6.07 Å². The topological polar surface area (TPSA) is 59.1 Å². The van der Waals surface area contributed by atoms with E-state index in [1.807, 2.05) is 6.07 Å². The summed E-state index contributed by atoms with van der Waals surface area (Å²) in [4.78, 5) is 3.94. The normalized spacial score (nSPS) is 9.80. The number of nitrogens with zero attached hydrogens (tertiary/aromatic N) is 1. The van der Waals surface area contributed by atoms with Gasteiger partial charge >= 0.3 is 0 Å². The maximum atomic E-state index is 8.73. The minimum atomic E-state index is -0.0344. The first-order valence-electron chi connectivity index (χ1n) is 3.12. The van der Waals surface area contributed by atoms with Crippen LogP contribution in [0.1, 0.15) is 11.3 Å². The Morgan fingerprint density at radius 1 is 1.60 bits per heavy atom. The van der Waals surface area contributed by atoms with Gasteiger partial charge < -0.3 is 10.8 Å². The molecule has 0 aliphatic carbocycles. The second kappa shape index (κ2) is 3.29. The van der Waals surface area contributed by atoms with Crippen LogP contribution in [0.15, 0.2) is 18.3 Å². The molecule has 3 N–H and O–H groups in total. The number of aliphatic hydroxyl groups excluding tert-OH is 1. The Morgan fingerprint density at radius 3 is 2.90 bits per heavy atom. The van der Waals surface area contributed by atoms with Gasteiger partial charge in [0, 0.05) is 12.7 Å². The predicted molar refractivity (Wildman–Crippen MR) is 38.1 cm³/mol. The minimum absolute atomic E-state index is 0.0344. The minimum Gasteiger partial charge on any atom is -0.390 e. The second-order valence-electron chi connectivity index (χ2n) is 1.97. The van der Waals surface area contributed by atoms with Gasteiger partial charge in [-0.15, -0.1) is 0 Å². The lowest BCUT2D eigenvalue weighted by Gasteiger charge is -2.00. The highest BCUT2D eigenvalue weighted by Crippen LogP contribution is 2.02. The van der Waals surface area contributed by atoms with Gasteiger partial charge in [0.25, 0.3) is 0 Å². The molecule has 54 valence electrons. The molecular weight excluding hydrogens is 128 g/mol. The van der Waals surface area contributed by atoms with Crippen LogP contribution >= 0.6 is 0 Å². The Balaban J connectivity index is 2.96. The van der Waals surface area contributed by atoms with Crippen molar-refractivity contribution in [3.05, 3.63) is 29.6 Å². The second-order valence-corrected chi connectivity index (χ2v) is 1.97. The summed E-state index contributed by atoms with van der Waals surface area (Å²) in [6, 6.07) is 3.67. The number of nitrogens with two attached hydrogens (primary N) is 1. The largest absolute Gasteiger partial charge is 0.390 e. The van der Waals surface area contributed by atoms with Crippen molar-refractivity contribution < 1.29 is 5.11 Å². The third kappa shape index (κ3) is 1.32. The molecule has 0 amide bonds. The third-order valence-electron chi connectivity index (χ3n) is 1.35. The predicted octanol–water partition coefficient (Wildman–Crippen LogP) is 0.0326. The molecule has 0 radical (unpaired) electrons. The number of aromatic nitrogens is 1. The molecule has 0 saturated carbocycles. The van der Waals surface area contributed by atoms with Crippen molar-refractivity contribution in [3.63, 3.8) is 0 Å². The van der Waals surface area contributed by atoms with Crippen molar-refractivity contribution in [2.45, 2.75) is 13.2 Å². The molecule has 0 fully saturated rings. The maximum Gasteiger partial charge on any atom is 0.0856 e. The molecule has 10 heavy (non-hydrogen) atoms. The molecule has 1 aromatic rings. The third-order valence-corrected chi connectivity index (χ3v) is 1.35. The number of aliphatic hydroxyl groups is 1. The average molecular weight is 138 g/mol. The van der Waals surface area contributed by atoms with Crippen molar-refractivity contribution in [1.82, 2.24) is 4.98 Å². The molecule has 0 atom stereocenters. The van der Waals surface area contributed by atoms with Crippen molar-refractivity contribution in [1.29, 1.82) is 0 Å². The average Bonchev–Trinajstić information content (AvgIpc) is 2.04. The first-order chi connectivity index (χ1) is 4.88. The summed E-state index contributed by atoms with van der Waals surface area (Å²) in [5.74, 6) is 0. The van der Waals surface area contributed by atoms with E-state index < -0.39 is 0 Å². The SMILES string of the molecule is NCc1cccnc1CO. The highest BCUT2D eigenvalue weighted by atomic mass is 16.3. The highest BCUT2D eigenvalue weighted by molar-refractivity contribution is 5.18. The van der Waals surface area contributed by atoms with E-state index in [0.29, 0.717) is 12.2 Å². The van der Waals surface area contributed by atoms with Gasteiger partial charge in [0.15, 0.2) is 0 Å². The van der Waals surface area contributed by atoms with E-state index in [2.05, 4.69) is 4.98 Å². The summed E-state index contributed by atoms with van der Waals surface area (Å²) in [5.41, 5.74) is 6.95. The first kappa shape index (κ1) is 7.18. The van der Waals surface area contributed by atoms with E-state index in [4.69, 9.17) is 10.8 Å². The van der Waals surface area contributed by atoms with Gasteiger partial charge in [0.05, 0.1) is 12.3 Å². The van der Waals surface area contributed by atoms with Crippen molar-refractivity contribution in [2.75, 3.05) is 0 Å². The fraction of sp³-hybridized carbons (Fsp3) is 0.286. The van der Waals surface area contributed by atoms with Crippen LogP contribution in [0.4, 0.5) is 0 Å². The van der Waals surface area contributed by atoms with Crippen LogP contribution in [0.5, 0.6) is 0 Å². The molecule has 1 heterocycles. The van der Waals surface area contributed by atoms with Gasteiger partial charge in [0.1, 0.15) is 0 Å². The quantitative estimate of drug-likeness (QED) is 0.606. The van der Waals surface area contributed by atoms with Gasteiger partial charge in [-0.2, -0.15) is 0 Å². The lowest BCUT2D eigenvalue weighted by Crippen LogP contribution is -2.02. The van der Waals surface area contributed by atoms with Gasteiger partial charge in [-0.3, -0.25) is 4.98 Å². The monoisotopic (exact) mass is 138 g/mol. The zero-order valence-corrected chi connectivity index (χ0v) is 5.62. The van der Waals surface area contributed by atoms with Crippen LogP contribution in [0.25, 0.3) is 0 Å². The Labute approximate surface area is 59.5 Å². The zero-order chi connectivity index (χ0) is 7.40. The smallest absolute Gasteiger partial charge is 0.0856 e. The number of hydrogen-bond donors (Lipinski definition) is 2. The molecule has 3 heteroatoms. The van der Waals surface area contributed by atoms with Crippen LogP contribution in [0, 0.1) is 0 Å². The first-order valence-corrected chi connectivity index (χ1v) is 3.12. The van der Waals surface area contributed by atoms with E-state index in [0.717, 1.165) is 5.56 Å². The molecule has 0 bridgehead atoms. The molecule has 0 aliphatic rings. The molecule has 3 nitrogen and oxygen atoms in total. The van der Waals surface area contributed by atoms with Gasteiger partial charge in [0.2, 0.25) is 0 Å². The Hall–Kier alpha value is -0.930. The zero-order valence-electron chi connectivity index (χ0n) is 5.62. The van der Waals surface area contributed by atoms with Gasteiger partial charge in [-0.05, 0) is 11.6 Å². The highest BCUT2D eigenvalue weighted by Gasteiger charge is 1.97. The van der Waals surface area contributed by atoms with Crippen LogP contribution in [-0.2, 0) is 13.2 Å². The van der Waals surface area contributed by atoms with E-state index in [9.17, 15) is 0 Å². The molecular formula is C7H10N2O. The summed E-state index contributed by atoms with van der Waals surface area (Å²) in [6.07, 6.45) is 1.64. The Bertz CT molecular complexity index is 190. The van der Waals surface area contributed by atoms with Crippen LogP contribution < -0.4 is 5.73 Å². The van der Waals surface area contributed by atoms with Crippen molar-refractivity contribution in [3.8, 4) is 0 Å². The number of pyridine rings is 1. The summed E-state index contributed by atoms with van der Waals surface area (Å²) in [7, 11) is 0. The van der Waals surface area contributed by atoms with Crippen LogP contribution in [0.2, 0.25) is 0 Å². The fourth-order valence-electron chi connectivity index (χ4n) is 0.800. The van der Waals surface area contributed by atoms with Gasteiger partial charge in [-0.25, -0.2) is 0 Å². The molecule has 1 rings (SSSR count). The van der Waals surface area contributed by atoms with Crippen LogP contribution in [-0.4, -0.2) is 10.1 Å². The Morgan fingerprint density at radius 2 is 2.40 bits per heavy atom. The van der Waals surface area contributed by atoms with E-state index in [1.54, 1.807) is 12.3 Å². The number of rotatable bonds is 2.